The molecule has 1 saturated heterocycles. The van der Waals surface area contributed by atoms with Crippen LogP contribution in [0.25, 0.3) is 0 Å². The quantitative estimate of drug-likeness (QED) is 0.153. The Morgan fingerprint density at radius 1 is 1.19 bits per heavy atom. The summed E-state index contributed by atoms with van der Waals surface area (Å²) in [7, 11) is 2.21. The summed E-state index contributed by atoms with van der Waals surface area (Å²) in [4.78, 5) is 26.2. The summed E-state index contributed by atoms with van der Waals surface area (Å²) in [5, 5.41) is 0. The van der Waals surface area contributed by atoms with Crippen molar-refractivity contribution in [3.63, 3.8) is 0 Å². The maximum atomic E-state index is 11.0. The fraction of sp³-hybridized carbons (Fsp3) is 0.676. The molecule has 2 atom stereocenters. The van der Waals surface area contributed by atoms with E-state index in [0.717, 1.165) is 50.9 Å². The minimum Gasteiger partial charge on any atom is -0.493 e. The second-order valence-electron chi connectivity index (χ2n) is 12.9. The lowest BCUT2D eigenvalue weighted by molar-refractivity contribution is -0.118. The molecule has 238 valence electrons. The number of carbonyl (C=O) groups is 2. The molecule has 1 aromatic carbocycles. The maximum Gasteiger partial charge on any atom is 0.139 e. The van der Waals surface area contributed by atoms with Gasteiger partial charge in [0, 0.05) is 25.1 Å². The van der Waals surface area contributed by atoms with Crippen molar-refractivity contribution in [3.8, 4) is 5.75 Å². The molecule has 2 unspecified atom stereocenters. The Kier molecular flexibility index (Phi) is 18.4. The lowest BCUT2D eigenvalue weighted by Crippen LogP contribution is -2.23. The van der Waals surface area contributed by atoms with Crippen molar-refractivity contribution in [3.05, 3.63) is 53.8 Å². The Morgan fingerprint density at radius 3 is 2.38 bits per heavy atom. The Balaban J connectivity index is 0.000000386. The van der Waals surface area contributed by atoms with Crippen molar-refractivity contribution in [1.82, 2.24) is 9.80 Å². The van der Waals surface area contributed by atoms with E-state index < -0.39 is 0 Å². The van der Waals surface area contributed by atoms with Crippen LogP contribution >= 0.6 is 0 Å². The van der Waals surface area contributed by atoms with Crippen LogP contribution in [0.2, 0.25) is 0 Å². The molecule has 2 heterocycles. The van der Waals surface area contributed by atoms with Crippen molar-refractivity contribution >= 4 is 12.1 Å². The standard InChI is InChI=1S/C20H25NO2.C9H21N.C8H16O/c1-3-4-5-19-13-18(14-21(19)9-10-22)15(2)16-6-7-20-17(12-16)8-11-23-20;1-4-6-8-10(3)9-7-5-2;1-5-8(3,4)6-7(2)9/h3,5-7,10,12,15,18H,1,4,8-9,11,13-14H2,2H3;4-9H2,1-3H3;5-6H2,1-4H3/b19-5+;;. The molecule has 42 heavy (non-hydrogen) atoms. The maximum absolute atomic E-state index is 11.0. The molecular formula is C37H62N2O3. The van der Waals surface area contributed by atoms with Crippen LogP contribution in [0.15, 0.2) is 42.6 Å². The molecule has 5 heteroatoms. The third kappa shape index (κ3) is 14.2. The van der Waals surface area contributed by atoms with Gasteiger partial charge in [-0.1, -0.05) is 85.1 Å². The van der Waals surface area contributed by atoms with Crippen LogP contribution in [-0.4, -0.2) is 61.7 Å². The summed E-state index contributed by atoms with van der Waals surface area (Å²) in [5.41, 5.74) is 4.22. The number of fused-ring (bicyclic) bond motifs is 1. The van der Waals surface area contributed by atoms with E-state index in [0.29, 0.717) is 30.6 Å². The molecular weight excluding hydrogens is 520 g/mol. The van der Waals surface area contributed by atoms with Gasteiger partial charge in [-0.05, 0) is 87.2 Å². The first-order valence-electron chi connectivity index (χ1n) is 16.4. The number of likely N-dealkylation sites (tertiary alicyclic amines) is 1. The molecule has 3 rings (SSSR count). The second-order valence-corrected chi connectivity index (χ2v) is 12.9. The number of nitrogens with zero attached hydrogens (tertiary/aromatic N) is 2. The average molecular weight is 583 g/mol. The van der Waals surface area contributed by atoms with Crippen LogP contribution in [0.3, 0.4) is 0 Å². The van der Waals surface area contributed by atoms with Crippen LogP contribution in [-0.2, 0) is 16.0 Å². The Morgan fingerprint density at radius 2 is 1.86 bits per heavy atom. The van der Waals surface area contributed by atoms with Gasteiger partial charge in [0.05, 0.1) is 13.2 Å². The van der Waals surface area contributed by atoms with Gasteiger partial charge in [-0.15, -0.1) is 6.58 Å². The van der Waals surface area contributed by atoms with Gasteiger partial charge in [-0.25, -0.2) is 0 Å². The first-order chi connectivity index (χ1) is 20.0. The Labute approximate surface area is 258 Å². The summed E-state index contributed by atoms with van der Waals surface area (Å²) in [5.74, 6) is 2.36. The number of carbonyl (C=O) groups excluding carboxylic acids is 2. The van der Waals surface area contributed by atoms with Crippen LogP contribution in [0.4, 0.5) is 0 Å². The minimum atomic E-state index is 0.214. The van der Waals surface area contributed by atoms with Crippen molar-refractivity contribution in [1.29, 1.82) is 0 Å². The predicted molar refractivity (Wildman–Crippen MR) is 179 cm³/mol. The van der Waals surface area contributed by atoms with Gasteiger partial charge in [-0.3, -0.25) is 0 Å². The number of hydrogen-bond donors (Lipinski definition) is 0. The van der Waals surface area contributed by atoms with E-state index in [9.17, 15) is 9.59 Å². The van der Waals surface area contributed by atoms with E-state index >= 15 is 0 Å². The SMILES string of the molecule is C=CC/C=C1\CC(C(C)c2ccc3c(c2)CCO3)CN1CC=O.CCC(C)(C)CC(C)=O.CCCCN(C)CCCC. The smallest absolute Gasteiger partial charge is 0.139 e. The van der Waals surface area contributed by atoms with Crippen LogP contribution in [0.5, 0.6) is 5.75 Å². The van der Waals surface area contributed by atoms with E-state index in [1.165, 1.54) is 55.6 Å². The lowest BCUT2D eigenvalue weighted by atomic mass is 9.85. The molecule has 0 aliphatic carbocycles. The van der Waals surface area contributed by atoms with Gasteiger partial charge < -0.3 is 24.1 Å². The molecule has 1 aromatic rings. The zero-order valence-corrected chi connectivity index (χ0v) is 28.3. The Bertz CT molecular complexity index is 960. The molecule has 0 radical (unpaired) electrons. The number of allylic oxidation sites excluding steroid dienone is 3. The highest BCUT2D eigenvalue weighted by Gasteiger charge is 2.31. The summed E-state index contributed by atoms with van der Waals surface area (Å²) >= 11 is 0. The molecule has 2 aliphatic rings. The van der Waals surface area contributed by atoms with Gasteiger partial charge in [0.25, 0.3) is 0 Å². The van der Waals surface area contributed by atoms with Gasteiger partial charge in [0.15, 0.2) is 0 Å². The van der Waals surface area contributed by atoms with Gasteiger partial charge >= 0.3 is 0 Å². The number of benzene rings is 1. The van der Waals surface area contributed by atoms with E-state index in [-0.39, 0.29) is 5.41 Å². The zero-order valence-electron chi connectivity index (χ0n) is 28.3. The third-order valence-electron chi connectivity index (χ3n) is 8.57. The third-order valence-corrected chi connectivity index (χ3v) is 8.57. The van der Waals surface area contributed by atoms with E-state index in [4.69, 9.17) is 4.74 Å². The van der Waals surface area contributed by atoms with Crippen LogP contribution in [0.1, 0.15) is 117 Å². The fourth-order valence-corrected chi connectivity index (χ4v) is 5.44. The highest BCUT2D eigenvalue weighted by Crippen LogP contribution is 2.38. The zero-order chi connectivity index (χ0) is 31.5. The number of hydrogen-bond acceptors (Lipinski definition) is 5. The summed E-state index contributed by atoms with van der Waals surface area (Å²) in [6, 6.07) is 6.62. The molecule has 0 saturated carbocycles. The van der Waals surface area contributed by atoms with Gasteiger partial charge in [0.2, 0.25) is 0 Å². The summed E-state index contributed by atoms with van der Waals surface area (Å²) in [6.45, 7) is 23.4. The van der Waals surface area contributed by atoms with E-state index in [1.54, 1.807) is 6.92 Å². The first-order valence-corrected chi connectivity index (χ1v) is 16.4. The first kappa shape index (κ1) is 37.6. The number of rotatable bonds is 15. The topological polar surface area (TPSA) is 49.9 Å². The molecule has 0 spiro atoms. The van der Waals surface area contributed by atoms with Crippen LogP contribution in [0, 0.1) is 11.3 Å². The van der Waals surface area contributed by atoms with E-state index in [2.05, 4.69) is 89.2 Å². The van der Waals surface area contributed by atoms with Gasteiger partial charge in [0.1, 0.15) is 17.8 Å². The fourth-order valence-electron chi connectivity index (χ4n) is 5.44. The number of unbranched alkanes of at least 4 members (excludes halogenated alkanes) is 2. The van der Waals surface area contributed by atoms with Crippen molar-refractivity contribution in [2.24, 2.45) is 11.3 Å². The summed E-state index contributed by atoms with van der Waals surface area (Å²) in [6.07, 6.45) is 15.1. The number of aldehydes is 1. The Hall–Kier alpha value is -2.40. The minimum absolute atomic E-state index is 0.214. The molecule has 0 N–H and O–H groups in total. The van der Waals surface area contributed by atoms with Crippen molar-refractivity contribution < 1.29 is 14.3 Å². The van der Waals surface area contributed by atoms with Crippen LogP contribution < -0.4 is 4.74 Å². The highest BCUT2D eigenvalue weighted by atomic mass is 16.5. The molecule has 5 nitrogen and oxygen atoms in total. The second kappa shape index (κ2) is 20.5. The molecule has 0 amide bonds. The highest BCUT2D eigenvalue weighted by molar-refractivity contribution is 5.76. The summed E-state index contributed by atoms with van der Waals surface area (Å²) < 4.78 is 5.60. The number of Topliss-reactive ketones (excluding diaryl/α,β-unsaturated/α-hetero) is 1. The number of ketones is 1. The molecule has 2 aliphatic heterocycles. The van der Waals surface area contributed by atoms with E-state index in [1.807, 2.05) is 6.08 Å². The largest absolute Gasteiger partial charge is 0.493 e. The predicted octanol–water partition coefficient (Wildman–Crippen LogP) is 8.63. The molecule has 0 aromatic heterocycles. The normalized spacial score (nSPS) is 17.5. The average Bonchev–Trinajstić information content (AvgIpc) is 3.60. The lowest BCUT2D eigenvalue weighted by Gasteiger charge is -2.21. The number of ether oxygens (including phenoxy) is 1. The van der Waals surface area contributed by atoms with Crippen molar-refractivity contribution in [2.45, 2.75) is 112 Å². The monoisotopic (exact) mass is 582 g/mol. The molecule has 1 fully saturated rings. The molecule has 0 bridgehead atoms. The van der Waals surface area contributed by atoms with Crippen molar-refractivity contribution in [2.75, 3.05) is 39.8 Å². The van der Waals surface area contributed by atoms with Gasteiger partial charge in [-0.2, -0.15) is 0 Å².